The Bertz CT molecular complexity index is 498. The summed E-state index contributed by atoms with van der Waals surface area (Å²) in [6.07, 6.45) is 2.79. The van der Waals surface area contributed by atoms with Gasteiger partial charge in [0.15, 0.2) is 0 Å². The SMILES string of the molecule is CC1CC(C)(C)CCC1(Nc1ccc(Br)cc1)C(N)=O. The third kappa shape index (κ3) is 3.00. The largest absolute Gasteiger partial charge is 0.371 e. The molecule has 1 aliphatic rings. The molecule has 0 bridgehead atoms. The fourth-order valence-electron chi connectivity index (χ4n) is 3.29. The minimum Gasteiger partial charge on any atom is -0.371 e. The highest BCUT2D eigenvalue weighted by Crippen LogP contribution is 2.45. The van der Waals surface area contributed by atoms with E-state index in [0.29, 0.717) is 0 Å². The fourth-order valence-corrected chi connectivity index (χ4v) is 3.56. The van der Waals surface area contributed by atoms with Gasteiger partial charge in [-0.25, -0.2) is 0 Å². The molecule has 110 valence electrons. The second-order valence-corrected chi connectivity index (χ2v) is 7.65. The van der Waals surface area contributed by atoms with Crippen LogP contribution in [0.1, 0.15) is 40.0 Å². The van der Waals surface area contributed by atoms with Crippen molar-refractivity contribution in [2.75, 3.05) is 5.32 Å². The lowest BCUT2D eigenvalue weighted by Gasteiger charge is -2.47. The van der Waals surface area contributed by atoms with Gasteiger partial charge in [-0.3, -0.25) is 4.79 Å². The average molecular weight is 339 g/mol. The van der Waals surface area contributed by atoms with Crippen LogP contribution in [0.2, 0.25) is 0 Å². The Morgan fingerprint density at radius 2 is 1.90 bits per heavy atom. The number of amides is 1. The fraction of sp³-hybridized carbons (Fsp3) is 0.562. The van der Waals surface area contributed by atoms with E-state index in [-0.39, 0.29) is 17.2 Å². The maximum absolute atomic E-state index is 12.1. The summed E-state index contributed by atoms with van der Waals surface area (Å²) in [6, 6.07) is 7.88. The molecule has 2 unspecified atom stereocenters. The number of hydrogen-bond donors (Lipinski definition) is 2. The van der Waals surface area contributed by atoms with Crippen LogP contribution in [0.4, 0.5) is 5.69 Å². The average Bonchev–Trinajstić information content (AvgIpc) is 2.34. The van der Waals surface area contributed by atoms with E-state index in [0.717, 1.165) is 29.4 Å². The quantitative estimate of drug-likeness (QED) is 0.877. The first-order chi connectivity index (χ1) is 9.25. The smallest absolute Gasteiger partial charge is 0.243 e. The van der Waals surface area contributed by atoms with Crippen molar-refractivity contribution >= 4 is 27.5 Å². The van der Waals surface area contributed by atoms with E-state index in [9.17, 15) is 4.79 Å². The first kappa shape index (κ1) is 15.4. The number of carbonyl (C=O) groups is 1. The van der Waals surface area contributed by atoms with E-state index in [1.165, 1.54) is 0 Å². The monoisotopic (exact) mass is 338 g/mol. The Morgan fingerprint density at radius 1 is 1.30 bits per heavy atom. The van der Waals surface area contributed by atoms with Gasteiger partial charge in [0.05, 0.1) is 0 Å². The first-order valence-electron chi connectivity index (χ1n) is 7.09. The van der Waals surface area contributed by atoms with Gasteiger partial charge in [0.25, 0.3) is 0 Å². The van der Waals surface area contributed by atoms with Crippen molar-refractivity contribution in [3.05, 3.63) is 28.7 Å². The zero-order valence-corrected chi connectivity index (χ0v) is 14.0. The summed E-state index contributed by atoms with van der Waals surface area (Å²) in [4.78, 5) is 12.1. The zero-order valence-electron chi connectivity index (χ0n) is 12.4. The molecule has 3 nitrogen and oxygen atoms in total. The molecule has 1 aromatic carbocycles. The van der Waals surface area contributed by atoms with Crippen molar-refractivity contribution in [2.45, 2.75) is 45.6 Å². The van der Waals surface area contributed by atoms with E-state index in [1.807, 2.05) is 24.3 Å². The van der Waals surface area contributed by atoms with Gasteiger partial charge in [-0.1, -0.05) is 36.7 Å². The van der Waals surface area contributed by atoms with Crippen LogP contribution in [0, 0.1) is 11.3 Å². The molecule has 0 aromatic heterocycles. The molecule has 2 rings (SSSR count). The third-order valence-electron chi connectivity index (χ3n) is 4.55. The van der Waals surface area contributed by atoms with Gasteiger partial charge < -0.3 is 11.1 Å². The summed E-state index contributed by atoms with van der Waals surface area (Å²) in [6.45, 7) is 6.64. The number of nitrogens with two attached hydrogens (primary N) is 1. The molecular formula is C16H23BrN2O. The van der Waals surface area contributed by atoms with E-state index < -0.39 is 5.54 Å². The van der Waals surface area contributed by atoms with Crippen LogP contribution >= 0.6 is 15.9 Å². The summed E-state index contributed by atoms with van der Waals surface area (Å²) in [5.74, 6) is -0.0317. The molecule has 0 heterocycles. The van der Waals surface area contributed by atoms with Gasteiger partial charge in [0.1, 0.15) is 5.54 Å². The summed E-state index contributed by atoms with van der Waals surface area (Å²) >= 11 is 3.42. The second-order valence-electron chi connectivity index (χ2n) is 6.74. The lowest BCUT2D eigenvalue weighted by molar-refractivity contribution is -0.126. The molecule has 4 heteroatoms. The number of rotatable bonds is 3. The van der Waals surface area contributed by atoms with Crippen molar-refractivity contribution in [3.8, 4) is 0 Å². The molecule has 0 radical (unpaired) electrons. The Hall–Kier alpha value is -1.03. The number of primary amides is 1. The van der Waals surface area contributed by atoms with Gasteiger partial charge in [0, 0.05) is 10.2 Å². The molecule has 20 heavy (non-hydrogen) atoms. The van der Waals surface area contributed by atoms with Crippen LogP contribution in [-0.2, 0) is 4.79 Å². The number of hydrogen-bond acceptors (Lipinski definition) is 2. The first-order valence-corrected chi connectivity index (χ1v) is 7.88. The molecule has 1 amide bonds. The molecule has 1 aromatic rings. The maximum atomic E-state index is 12.1. The molecule has 1 saturated carbocycles. The van der Waals surface area contributed by atoms with Gasteiger partial charge >= 0.3 is 0 Å². The molecule has 3 N–H and O–H groups in total. The molecule has 0 saturated heterocycles. The van der Waals surface area contributed by atoms with E-state index >= 15 is 0 Å². The van der Waals surface area contributed by atoms with Gasteiger partial charge in [-0.2, -0.15) is 0 Å². The molecule has 1 aliphatic carbocycles. The molecule has 1 fully saturated rings. The van der Waals surface area contributed by atoms with E-state index in [2.05, 4.69) is 42.0 Å². The van der Waals surface area contributed by atoms with Crippen LogP contribution in [0.25, 0.3) is 0 Å². The summed E-state index contributed by atoms with van der Waals surface area (Å²) in [5, 5.41) is 3.41. The Labute approximate surface area is 129 Å². The molecular weight excluding hydrogens is 316 g/mol. The second kappa shape index (κ2) is 5.40. The third-order valence-corrected chi connectivity index (χ3v) is 5.08. The van der Waals surface area contributed by atoms with Crippen LogP contribution < -0.4 is 11.1 Å². The van der Waals surface area contributed by atoms with Crippen molar-refractivity contribution in [1.82, 2.24) is 0 Å². The van der Waals surface area contributed by atoms with E-state index in [4.69, 9.17) is 5.73 Å². The van der Waals surface area contributed by atoms with Gasteiger partial charge in [0.2, 0.25) is 5.91 Å². The summed E-state index contributed by atoms with van der Waals surface area (Å²) in [5.41, 5.74) is 6.33. The minimum atomic E-state index is -0.636. The Balaban J connectivity index is 2.27. The summed E-state index contributed by atoms with van der Waals surface area (Å²) in [7, 11) is 0. The zero-order chi connectivity index (χ0) is 15.0. The van der Waals surface area contributed by atoms with Crippen LogP contribution in [0.3, 0.4) is 0 Å². The minimum absolute atomic E-state index is 0.215. The predicted octanol–water partition coefficient (Wildman–Crippen LogP) is 3.93. The molecule has 0 spiro atoms. The van der Waals surface area contributed by atoms with Gasteiger partial charge in [-0.05, 0) is 54.9 Å². The van der Waals surface area contributed by atoms with Crippen molar-refractivity contribution in [3.63, 3.8) is 0 Å². The van der Waals surface area contributed by atoms with Crippen molar-refractivity contribution in [2.24, 2.45) is 17.1 Å². The summed E-state index contributed by atoms with van der Waals surface area (Å²) < 4.78 is 1.02. The van der Waals surface area contributed by atoms with Crippen LogP contribution in [0.15, 0.2) is 28.7 Å². The standard InChI is InChI=1S/C16H23BrN2O/c1-11-10-15(2,3)8-9-16(11,14(18)20)19-13-6-4-12(17)5-7-13/h4-7,11,19H,8-10H2,1-3H3,(H2,18,20). The van der Waals surface area contributed by atoms with Crippen molar-refractivity contribution < 1.29 is 4.79 Å². The lowest BCUT2D eigenvalue weighted by atomic mass is 9.63. The number of carbonyl (C=O) groups excluding carboxylic acids is 1. The molecule has 2 atom stereocenters. The normalized spacial score (nSPS) is 28.9. The maximum Gasteiger partial charge on any atom is 0.243 e. The topological polar surface area (TPSA) is 55.1 Å². The highest BCUT2D eigenvalue weighted by molar-refractivity contribution is 9.10. The Morgan fingerprint density at radius 3 is 2.40 bits per heavy atom. The predicted molar refractivity (Wildman–Crippen MR) is 86.5 cm³/mol. The van der Waals surface area contributed by atoms with Crippen molar-refractivity contribution in [1.29, 1.82) is 0 Å². The van der Waals surface area contributed by atoms with Crippen LogP contribution in [-0.4, -0.2) is 11.4 Å². The number of nitrogens with one attached hydrogen (secondary N) is 1. The van der Waals surface area contributed by atoms with Gasteiger partial charge in [-0.15, -0.1) is 0 Å². The lowest BCUT2D eigenvalue weighted by Crippen LogP contribution is -2.58. The number of halogens is 1. The van der Waals surface area contributed by atoms with Crippen LogP contribution in [0.5, 0.6) is 0 Å². The number of anilines is 1. The highest BCUT2D eigenvalue weighted by Gasteiger charge is 2.48. The molecule has 0 aliphatic heterocycles. The van der Waals surface area contributed by atoms with E-state index in [1.54, 1.807) is 0 Å². The number of benzene rings is 1. The highest BCUT2D eigenvalue weighted by atomic mass is 79.9. The Kier molecular flexibility index (Phi) is 4.14.